The average molecular weight is 249 g/mol. The van der Waals surface area contributed by atoms with Gasteiger partial charge in [0.05, 0.1) is 6.61 Å². The molecule has 0 aliphatic rings. The molecule has 0 aromatic carbocycles. The van der Waals surface area contributed by atoms with E-state index in [1.807, 2.05) is 6.07 Å². The van der Waals surface area contributed by atoms with E-state index in [4.69, 9.17) is 4.74 Å². The Hall–Kier alpha value is -1.69. The predicted octanol–water partition coefficient (Wildman–Crippen LogP) is 1.52. The van der Waals surface area contributed by atoms with Gasteiger partial charge < -0.3 is 10.1 Å². The molecule has 2 heterocycles. The van der Waals surface area contributed by atoms with Gasteiger partial charge in [0.2, 0.25) is 0 Å². The topological polar surface area (TPSA) is 64.3 Å². The van der Waals surface area contributed by atoms with Crippen molar-refractivity contribution in [3.63, 3.8) is 0 Å². The number of aromatic nitrogens is 4. The van der Waals surface area contributed by atoms with Crippen molar-refractivity contribution in [3.8, 4) is 0 Å². The second kappa shape index (κ2) is 5.77. The van der Waals surface area contributed by atoms with E-state index in [1.165, 1.54) is 6.33 Å². The van der Waals surface area contributed by atoms with Gasteiger partial charge in [0.15, 0.2) is 0 Å². The molecular formula is C12H19N5O. The molecule has 1 unspecified atom stereocenters. The fourth-order valence-corrected chi connectivity index (χ4v) is 1.89. The first-order valence-electron chi connectivity index (χ1n) is 6.19. The lowest BCUT2D eigenvalue weighted by Crippen LogP contribution is -2.22. The largest absolute Gasteiger partial charge is 0.383 e. The molecule has 0 bridgehead atoms. The summed E-state index contributed by atoms with van der Waals surface area (Å²) < 4.78 is 6.84. The van der Waals surface area contributed by atoms with Crippen LogP contribution in [0.2, 0.25) is 0 Å². The van der Waals surface area contributed by atoms with Gasteiger partial charge in [-0.15, -0.1) is 0 Å². The maximum atomic E-state index is 5.12. The number of anilines is 1. The van der Waals surface area contributed by atoms with E-state index in [0.29, 0.717) is 12.4 Å². The third-order valence-electron chi connectivity index (χ3n) is 2.62. The molecule has 6 heteroatoms. The van der Waals surface area contributed by atoms with Crippen LogP contribution in [-0.2, 0) is 11.2 Å². The second-order valence-electron chi connectivity index (χ2n) is 4.36. The van der Waals surface area contributed by atoms with Crippen molar-refractivity contribution in [2.24, 2.45) is 0 Å². The van der Waals surface area contributed by atoms with Gasteiger partial charge in [-0.2, -0.15) is 14.6 Å². The molecule has 0 radical (unpaired) electrons. The summed E-state index contributed by atoms with van der Waals surface area (Å²) in [4.78, 5) is 8.60. The fourth-order valence-electron chi connectivity index (χ4n) is 1.89. The smallest absolute Gasteiger partial charge is 0.254 e. The summed E-state index contributed by atoms with van der Waals surface area (Å²) in [6, 6.07) is 2.23. The lowest BCUT2D eigenvalue weighted by Gasteiger charge is -2.15. The van der Waals surface area contributed by atoms with Gasteiger partial charge in [-0.1, -0.05) is 13.3 Å². The van der Waals surface area contributed by atoms with Gasteiger partial charge in [-0.3, -0.25) is 0 Å². The number of nitrogens with one attached hydrogen (secondary N) is 1. The van der Waals surface area contributed by atoms with Gasteiger partial charge in [-0.25, -0.2) is 4.98 Å². The van der Waals surface area contributed by atoms with Gasteiger partial charge in [-0.05, 0) is 13.3 Å². The summed E-state index contributed by atoms with van der Waals surface area (Å²) in [6.07, 6.45) is 3.52. The molecule has 2 aromatic rings. The molecular weight excluding hydrogens is 230 g/mol. The number of hydrogen-bond acceptors (Lipinski definition) is 5. The van der Waals surface area contributed by atoms with Crippen molar-refractivity contribution in [2.45, 2.75) is 32.7 Å². The highest BCUT2D eigenvalue weighted by Crippen LogP contribution is 2.13. The zero-order valence-electron chi connectivity index (χ0n) is 11.1. The lowest BCUT2D eigenvalue weighted by atomic mass is 10.2. The molecule has 98 valence electrons. The number of methoxy groups -OCH3 is 1. The summed E-state index contributed by atoms with van der Waals surface area (Å²) in [5, 5.41) is 7.54. The Kier molecular flexibility index (Phi) is 4.09. The highest BCUT2D eigenvalue weighted by atomic mass is 16.5. The number of fused-ring (bicyclic) bond motifs is 1. The van der Waals surface area contributed by atoms with E-state index >= 15 is 0 Å². The Morgan fingerprint density at radius 3 is 3.06 bits per heavy atom. The maximum absolute atomic E-state index is 5.12. The minimum atomic E-state index is 0.208. The number of hydrogen-bond donors (Lipinski definition) is 1. The van der Waals surface area contributed by atoms with Gasteiger partial charge in [0.25, 0.3) is 5.78 Å². The molecule has 0 aliphatic heterocycles. The van der Waals surface area contributed by atoms with Crippen LogP contribution >= 0.6 is 0 Å². The zero-order valence-corrected chi connectivity index (χ0v) is 11.1. The Balaban J connectivity index is 2.31. The van der Waals surface area contributed by atoms with E-state index in [0.717, 1.165) is 24.4 Å². The number of rotatable bonds is 6. The molecule has 0 aliphatic carbocycles. The number of aryl methyl sites for hydroxylation is 1. The summed E-state index contributed by atoms with van der Waals surface area (Å²) >= 11 is 0. The van der Waals surface area contributed by atoms with E-state index in [-0.39, 0.29) is 6.04 Å². The van der Waals surface area contributed by atoms with Gasteiger partial charge in [0.1, 0.15) is 12.1 Å². The molecule has 6 nitrogen and oxygen atoms in total. The van der Waals surface area contributed by atoms with Crippen LogP contribution in [0.1, 0.15) is 26.0 Å². The lowest BCUT2D eigenvalue weighted by molar-refractivity contribution is 0.190. The van der Waals surface area contributed by atoms with Crippen LogP contribution in [0.5, 0.6) is 0 Å². The van der Waals surface area contributed by atoms with Crippen molar-refractivity contribution in [1.29, 1.82) is 0 Å². The molecule has 2 aromatic heterocycles. The quantitative estimate of drug-likeness (QED) is 0.841. The van der Waals surface area contributed by atoms with Crippen LogP contribution in [0, 0.1) is 0 Å². The van der Waals surface area contributed by atoms with Crippen molar-refractivity contribution >= 4 is 11.6 Å². The van der Waals surface area contributed by atoms with Crippen molar-refractivity contribution in [3.05, 3.63) is 18.1 Å². The molecule has 0 spiro atoms. The second-order valence-corrected chi connectivity index (χ2v) is 4.36. The predicted molar refractivity (Wildman–Crippen MR) is 69.7 cm³/mol. The number of ether oxygens (including phenoxy) is 1. The van der Waals surface area contributed by atoms with Crippen LogP contribution in [0.15, 0.2) is 12.4 Å². The van der Waals surface area contributed by atoms with Gasteiger partial charge >= 0.3 is 0 Å². The van der Waals surface area contributed by atoms with Crippen LogP contribution in [-0.4, -0.2) is 39.3 Å². The molecule has 1 N–H and O–H groups in total. The summed E-state index contributed by atoms with van der Waals surface area (Å²) in [7, 11) is 1.69. The van der Waals surface area contributed by atoms with E-state index in [9.17, 15) is 0 Å². The molecule has 18 heavy (non-hydrogen) atoms. The summed E-state index contributed by atoms with van der Waals surface area (Å²) in [6.45, 7) is 4.84. The van der Waals surface area contributed by atoms with Crippen molar-refractivity contribution < 1.29 is 4.74 Å². The molecule has 2 rings (SSSR count). The monoisotopic (exact) mass is 249 g/mol. The fraction of sp³-hybridized carbons (Fsp3) is 0.583. The van der Waals surface area contributed by atoms with Gasteiger partial charge in [0, 0.05) is 24.9 Å². The normalized spacial score (nSPS) is 12.8. The molecule has 0 amide bonds. The minimum absolute atomic E-state index is 0.208. The zero-order chi connectivity index (χ0) is 13.0. The van der Waals surface area contributed by atoms with Crippen molar-refractivity contribution in [2.75, 3.05) is 19.0 Å². The number of nitrogens with zero attached hydrogens (tertiary/aromatic N) is 4. The SMILES string of the molecule is CCCc1cc(NC(C)COC)n2ncnc2n1. The Morgan fingerprint density at radius 2 is 2.33 bits per heavy atom. The molecule has 0 saturated carbocycles. The van der Waals surface area contributed by atoms with E-state index in [2.05, 4.69) is 34.2 Å². The third-order valence-corrected chi connectivity index (χ3v) is 2.62. The standard InChI is InChI=1S/C12H19N5O/c1-4-5-10-6-11(15-9(2)7-18-3)17-12(16-10)13-8-14-17/h6,8-9,15H,4-5,7H2,1-3H3. The third kappa shape index (κ3) is 2.76. The van der Waals surface area contributed by atoms with E-state index < -0.39 is 0 Å². The van der Waals surface area contributed by atoms with Crippen LogP contribution in [0.3, 0.4) is 0 Å². The summed E-state index contributed by atoms with van der Waals surface area (Å²) in [5.41, 5.74) is 1.03. The molecule has 1 atom stereocenters. The van der Waals surface area contributed by atoms with Crippen molar-refractivity contribution in [1.82, 2.24) is 19.6 Å². The first-order valence-corrected chi connectivity index (χ1v) is 6.19. The Morgan fingerprint density at radius 1 is 1.50 bits per heavy atom. The molecule has 0 fully saturated rings. The molecule has 0 saturated heterocycles. The Labute approximate surface area is 106 Å². The van der Waals surface area contributed by atoms with E-state index in [1.54, 1.807) is 11.6 Å². The highest BCUT2D eigenvalue weighted by Gasteiger charge is 2.09. The average Bonchev–Trinajstić information content (AvgIpc) is 2.78. The van der Waals surface area contributed by atoms with Crippen LogP contribution < -0.4 is 5.32 Å². The summed E-state index contributed by atoms with van der Waals surface area (Å²) in [5.74, 6) is 1.54. The highest BCUT2D eigenvalue weighted by molar-refractivity contribution is 5.45. The van der Waals surface area contributed by atoms with Crippen LogP contribution in [0.25, 0.3) is 5.78 Å². The van der Waals surface area contributed by atoms with Crippen LogP contribution in [0.4, 0.5) is 5.82 Å². The first-order chi connectivity index (χ1) is 8.74. The maximum Gasteiger partial charge on any atom is 0.254 e. The minimum Gasteiger partial charge on any atom is -0.383 e. The first kappa shape index (κ1) is 12.8. The Bertz CT molecular complexity index is 510.